The average molecular weight is 832 g/mol. The molecule has 326 valence electrons. The number of hydrogen-bond acceptors (Lipinski definition) is 9. The normalized spacial score (nSPS) is 14.1. The number of rotatable bonds is 25. The van der Waals surface area contributed by atoms with E-state index in [4.69, 9.17) is 17.2 Å². The first kappa shape index (κ1) is 48.1. The lowest BCUT2D eigenvalue weighted by Crippen LogP contribution is -2.60. The molecule has 0 spiro atoms. The molecule has 2 aromatic carbocycles. The lowest BCUT2D eigenvalue weighted by Gasteiger charge is -2.28. The maximum atomic E-state index is 14.2. The monoisotopic (exact) mass is 831 g/mol. The Balaban J connectivity index is 1.85. The summed E-state index contributed by atoms with van der Waals surface area (Å²) in [6.45, 7) is 7.67. The number of carboxylic acids is 1. The lowest BCUT2D eigenvalue weighted by atomic mass is 9.98. The molecule has 13 N–H and O–H groups in total. The molecule has 1 aromatic heterocycles. The quantitative estimate of drug-likeness (QED) is 0.0317. The first-order valence-corrected chi connectivity index (χ1v) is 20.1. The number of aromatic amines is 1. The Kier molecular flexibility index (Phi) is 19.7. The number of amides is 5. The van der Waals surface area contributed by atoms with Gasteiger partial charge in [0.25, 0.3) is 0 Å². The average Bonchev–Trinajstić information content (AvgIpc) is 3.71. The predicted octanol–water partition coefficient (Wildman–Crippen LogP) is 0.419. The van der Waals surface area contributed by atoms with Gasteiger partial charge in [-0.05, 0) is 55.1 Å². The van der Waals surface area contributed by atoms with Crippen molar-refractivity contribution in [3.8, 4) is 0 Å². The van der Waals surface area contributed by atoms with Gasteiger partial charge < -0.3 is 53.9 Å². The standard InChI is InChI=1S/C42H61N11O7/c1-25(2)18-32(50-36(54)30(43)20-27-12-7-5-8-13-27)38(56)51-33(19-26(3)4)39(57)52-34(21-28-14-9-6-10-15-28)40(58)49-31(16-11-17-47-42(44)45)37(55)53-35(41(59)60)22-29-23-46-24-48-29/h5-10,12-15,23-26,30-35H,11,16-22,43H2,1-4H3,(H,46,48)(H,49,58)(H,50,54)(H,51,56)(H,52,57)(H,53,55)(H,59,60)(H4,44,45,47)/t30-,31-,32-,33-,34-,35-/m0/s1. The molecule has 3 rings (SSSR count). The number of benzene rings is 2. The van der Waals surface area contributed by atoms with Crippen molar-refractivity contribution in [2.75, 3.05) is 6.54 Å². The second kappa shape index (κ2) is 24.6. The molecule has 1 heterocycles. The third-order valence-electron chi connectivity index (χ3n) is 9.40. The van der Waals surface area contributed by atoms with E-state index in [1.54, 1.807) is 30.3 Å². The molecule has 0 fully saturated rings. The van der Waals surface area contributed by atoms with Gasteiger partial charge in [-0.2, -0.15) is 0 Å². The van der Waals surface area contributed by atoms with E-state index in [0.717, 1.165) is 5.56 Å². The molecule has 0 saturated heterocycles. The number of H-pyrrole nitrogens is 1. The zero-order chi connectivity index (χ0) is 44.2. The van der Waals surface area contributed by atoms with Crippen molar-refractivity contribution in [1.29, 1.82) is 0 Å². The third-order valence-corrected chi connectivity index (χ3v) is 9.40. The van der Waals surface area contributed by atoms with Crippen LogP contribution < -0.4 is 43.8 Å². The summed E-state index contributed by atoms with van der Waals surface area (Å²) in [7, 11) is 0. The van der Waals surface area contributed by atoms with Crippen molar-refractivity contribution in [3.63, 3.8) is 0 Å². The Hall–Kier alpha value is -6.30. The molecule has 0 saturated carbocycles. The highest BCUT2D eigenvalue weighted by molar-refractivity contribution is 5.96. The summed E-state index contributed by atoms with van der Waals surface area (Å²) < 4.78 is 0. The van der Waals surface area contributed by atoms with Gasteiger partial charge in [0.2, 0.25) is 29.5 Å². The van der Waals surface area contributed by atoms with Crippen molar-refractivity contribution in [1.82, 2.24) is 36.6 Å². The summed E-state index contributed by atoms with van der Waals surface area (Å²) in [5, 5.41) is 23.5. The van der Waals surface area contributed by atoms with Gasteiger partial charge in [-0.1, -0.05) is 88.4 Å². The van der Waals surface area contributed by atoms with Crippen molar-refractivity contribution in [2.24, 2.45) is 34.0 Å². The van der Waals surface area contributed by atoms with Crippen LogP contribution in [0.3, 0.4) is 0 Å². The second-order valence-electron chi connectivity index (χ2n) is 15.6. The number of carbonyl (C=O) groups excluding carboxylic acids is 5. The number of nitrogens with two attached hydrogens (primary N) is 3. The van der Waals surface area contributed by atoms with Gasteiger partial charge in [0.1, 0.15) is 30.2 Å². The topological polar surface area (TPSA) is 302 Å². The Morgan fingerprint density at radius 1 is 0.650 bits per heavy atom. The summed E-state index contributed by atoms with van der Waals surface area (Å²) in [6, 6.07) is 11.2. The number of aliphatic carboxylic acids is 1. The maximum absolute atomic E-state index is 14.2. The molecule has 18 heteroatoms. The highest BCUT2D eigenvalue weighted by Crippen LogP contribution is 2.12. The number of guanidine groups is 1. The first-order chi connectivity index (χ1) is 28.5. The molecule has 0 unspecified atom stereocenters. The Morgan fingerprint density at radius 3 is 1.62 bits per heavy atom. The van der Waals surface area contributed by atoms with E-state index in [-0.39, 0.29) is 69.3 Å². The van der Waals surface area contributed by atoms with Crippen LogP contribution in [0.4, 0.5) is 0 Å². The Morgan fingerprint density at radius 2 is 1.12 bits per heavy atom. The van der Waals surface area contributed by atoms with Crippen LogP contribution in [-0.2, 0) is 48.0 Å². The molecule has 0 aliphatic carbocycles. The second-order valence-corrected chi connectivity index (χ2v) is 15.6. The molecule has 3 aromatic rings. The van der Waals surface area contributed by atoms with Crippen molar-refractivity contribution in [2.45, 2.75) is 109 Å². The Bertz CT molecular complexity index is 1850. The molecular weight excluding hydrogens is 771 g/mol. The van der Waals surface area contributed by atoms with Crippen LogP contribution in [0, 0.1) is 11.8 Å². The smallest absolute Gasteiger partial charge is 0.326 e. The zero-order valence-corrected chi connectivity index (χ0v) is 34.7. The number of nitrogens with zero attached hydrogens (tertiary/aromatic N) is 2. The van der Waals surface area contributed by atoms with Gasteiger partial charge >= 0.3 is 5.97 Å². The van der Waals surface area contributed by atoms with Gasteiger partial charge in [-0.15, -0.1) is 0 Å². The largest absolute Gasteiger partial charge is 0.480 e. The van der Waals surface area contributed by atoms with Crippen LogP contribution in [0.15, 0.2) is 78.2 Å². The minimum atomic E-state index is -1.36. The number of aromatic nitrogens is 2. The Labute approximate surface area is 350 Å². The predicted molar refractivity (Wildman–Crippen MR) is 227 cm³/mol. The number of carboxylic acid groups (broad SMARTS) is 1. The fourth-order valence-electron chi connectivity index (χ4n) is 6.38. The van der Waals surface area contributed by atoms with Gasteiger partial charge in [0.15, 0.2) is 5.96 Å². The zero-order valence-electron chi connectivity index (χ0n) is 34.7. The SMILES string of the molecule is CC(C)C[C@H](NC(=O)[C@H](CC(C)C)NC(=O)[C@@H](N)Cc1ccccc1)C(=O)N[C@@H](Cc1ccccc1)C(=O)N[C@@H](CCCN=C(N)N)C(=O)N[C@@H](Cc1cnc[nH]1)C(=O)O. The lowest BCUT2D eigenvalue weighted by molar-refractivity contribution is -0.142. The summed E-state index contributed by atoms with van der Waals surface area (Å²) in [5.41, 5.74) is 19.2. The summed E-state index contributed by atoms with van der Waals surface area (Å²) in [4.78, 5) is 91.9. The third kappa shape index (κ3) is 17.3. The number of imidazole rings is 1. The number of nitrogens with one attached hydrogen (secondary N) is 6. The van der Waals surface area contributed by atoms with Gasteiger partial charge in [0, 0.05) is 31.3 Å². The van der Waals surface area contributed by atoms with E-state index in [1.807, 2.05) is 58.0 Å². The molecular formula is C42H61N11O7. The number of aliphatic imine (C=N–C) groups is 1. The molecule has 6 atom stereocenters. The van der Waals surface area contributed by atoms with Crippen LogP contribution in [0.25, 0.3) is 0 Å². The van der Waals surface area contributed by atoms with Crippen LogP contribution >= 0.6 is 0 Å². The van der Waals surface area contributed by atoms with Crippen molar-refractivity contribution in [3.05, 3.63) is 90.0 Å². The summed E-state index contributed by atoms with van der Waals surface area (Å²) in [5.74, 6) is -4.84. The van der Waals surface area contributed by atoms with E-state index in [1.165, 1.54) is 12.5 Å². The molecule has 0 aliphatic rings. The van der Waals surface area contributed by atoms with E-state index in [2.05, 4.69) is 41.5 Å². The molecule has 0 aliphatic heterocycles. The van der Waals surface area contributed by atoms with Crippen LogP contribution in [0.1, 0.15) is 70.2 Å². The highest BCUT2D eigenvalue weighted by atomic mass is 16.4. The van der Waals surface area contributed by atoms with Crippen LogP contribution in [0.5, 0.6) is 0 Å². The highest BCUT2D eigenvalue weighted by Gasteiger charge is 2.33. The molecule has 5 amide bonds. The molecule has 18 nitrogen and oxygen atoms in total. The number of carbonyl (C=O) groups is 6. The van der Waals surface area contributed by atoms with E-state index >= 15 is 0 Å². The van der Waals surface area contributed by atoms with Gasteiger partial charge in [-0.25, -0.2) is 9.78 Å². The molecule has 60 heavy (non-hydrogen) atoms. The minimum Gasteiger partial charge on any atom is -0.480 e. The van der Waals surface area contributed by atoms with E-state index in [0.29, 0.717) is 11.3 Å². The summed E-state index contributed by atoms with van der Waals surface area (Å²) in [6.07, 6.45) is 3.69. The molecule has 0 radical (unpaired) electrons. The molecule has 0 bridgehead atoms. The van der Waals surface area contributed by atoms with Gasteiger partial charge in [0.05, 0.1) is 12.4 Å². The summed E-state index contributed by atoms with van der Waals surface area (Å²) >= 11 is 0. The maximum Gasteiger partial charge on any atom is 0.326 e. The van der Waals surface area contributed by atoms with Crippen molar-refractivity contribution < 1.29 is 33.9 Å². The van der Waals surface area contributed by atoms with Gasteiger partial charge in [-0.3, -0.25) is 29.0 Å². The minimum absolute atomic E-state index is 0.00596. The first-order valence-electron chi connectivity index (χ1n) is 20.1. The van der Waals surface area contributed by atoms with Crippen LogP contribution in [-0.4, -0.2) is 99.3 Å². The van der Waals surface area contributed by atoms with E-state index in [9.17, 15) is 33.9 Å². The number of hydrogen-bond donors (Lipinski definition) is 10. The fraction of sp³-hybridized carbons (Fsp3) is 0.476. The van der Waals surface area contributed by atoms with E-state index < -0.39 is 71.8 Å². The van der Waals surface area contributed by atoms with Crippen molar-refractivity contribution >= 4 is 41.5 Å². The van der Waals surface area contributed by atoms with Crippen LogP contribution in [0.2, 0.25) is 0 Å². The fourth-order valence-corrected chi connectivity index (χ4v) is 6.38.